The predicted molar refractivity (Wildman–Crippen MR) is 34.1 cm³/mol. The van der Waals surface area contributed by atoms with E-state index >= 15 is 0 Å². The summed E-state index contributed by atoms with van der Waals surface area (Å²) in [5.41, 5.74) is 0. The van der Waals surface area contributed by atoms with E-state index in [-0.39, 0.29) is 0 Å². The molecule has 0 rings (SSSR count). The Morgan fingerprint density at radius 2 is 1.33 bits per heavy atom. The molecule has 0 N–H and O–H groups in total. The largest absolute Gasteiger partial charge is 0.157 e. The summed E-state index contributed by atoms with van der Waals surface area (Å²) in [5.74, 6) is 0. The summed E-state index contributed by atoms with van der Waals surface area (Å²) < 4.78 is -0.451. The second-order valence-corrected chi connectivity index (χ2v) is 3.20. The van der Waals surface area contributed by atoms with Crippen LogP contribution in [0.1, 0.15) is 0 Å². The zero-order valence-electron chi connectivity index (χ0n) is 2.74. The van der Waals surface area contributed by atoms with Crippen LogP contribution in [0.25, 0.3) is 0 Å². The minimum absolute atomic E-state index is 0.451. The topological polar surface area (TPSA) is 0 Å². The van der Waals surface area contributed by atoms with Crippen LogP contribution in [0.3, 0.4) is 0 Å². The third kappa shape index (κ3) is 3.41. The number of thiol groups is 1. The average molecular weight is 165 g/mol. The highest BCUT2D eigenvalue weighted by Crippen LogP contribution is 2.16. The van der Waals surface area contributed by atoms with Crippen molar-refractivity contribution in [2.45, 2.75) is 9.55 Å². The Morgan fingerprint density at radius 1 is 1.17 bits per heavy atom. The number of halogens is 3. The van der Waals surface area contributed by atoms with Crippen LogP contribution in [0.5, 0.6) is 0 Å². The van der Waals surface area contributed by atoms with E-state index in [2.05, 4.69) is 12.6 Å². The fourth-order valence-corrected chi connectivity index (χ4v) is 0. The fourth-order valence-electron chi connectivity index (χ4n) is 0. The molecular formula is C2H3Cl3S. The van der Waals surface area contributed by atoms with E-state index in [1.807, 2.05) is 0 Å². The Bertz CT molecular complexity index is 29.8. The molecule has 0 nitrogen and oxygen atoms in total. The van der Waals surface area contributed by atoms with Gasteiger partial charge in [0.05, 0.1) is 0 Å². The minimum atomic E-state index is -0.574. The van der Waals surface area contributed by atoms with E-state index in [9.17, 15) is 0 Å². The molecule has 0 aliphatic carbocycles. The molecule has 0 aromatic carbocycles. The van der Waals surface area contributed by atoms with Crippen molar-refractivity contribution >= 4 is 47.4 Å². The van der Waals surface area contributed by atoms with Gasteiger partial charge in [0.15, 0.2) is 0 Å². The SMILES string of the molecule is SC(Cl)C(Cl)Cl. The quantitative estimate of drug-likeness (QED) is 0.447. The summed E-state index contributed by atoms with van der Waals surface area (Å²) >= 11 is 19.2. The van der Waals surface area contributed by atoms with Gasteiger partial charge in [-0.15, -0.1) is 34.8 Å². The monoisotopic (exact) mass is 164 g/mol. The van der Waals surface area contributed by atoms with Crippen molar-refractivity contribution in [2.75, 3.05) is 0 Å². The third-order valence-corrected chi connectivity index (χ3v) is 1.87. The molecule has 0 aliphatic rings. The Balaban J connectivity index is 2.99. The molecule has 4 heteroatoms. The second kappa shape index (κ2) is 3.25. The maximum absolute atomic E-state index is 5.21. The van der Waals surface area contributed by atoms with Crippen molar-refractivity contribution in [2.24, 2.45) is 0 Å². The third-order valence-electron chi connectivity index (χ3n) is 0.208. The van der Waals surface area contributed by atoms with Gasteiger partial charge in [0.25, 0.3) is 0 Å². The van der Waals surface area contributed by atoms with Crippen LogP contribution in [0, 0.1) is 0 Å². The number of hydrogen-bond acceptors (Lipinski definition) is 1. The summed E-state index contributed by atoms with van der Waals surface area (Å²) in [6.07, 6.45) is 0. The maximum Gasteiger partial charge on any atom is 0.133 e. The van der Waals surface area contributed by atoms with Crippen molar-refractivity contribution < 1.29 is 0 Å². The van der Waals surface area contributed by atoms with Crippen molar-refractivity contribution in [1.29, 1.82) is 0 Å². The van der Waals surface area contributed by atoms with Gasteiger partial charge in [-0.2, -0.15) is 12.6 Å². The van der Waals surface area contributed by atoms with Gasteiger partial charge in [-0.05, 0) is 0 Å². The van der Waals surface area contributed by atoms with Gasteiger partial charge in [0.1, 0.15) is 9.55 Å². The summed E-state index contributed by atoms with van der Waals surface area (Å²) in [5, 5.41) is 0. The van der Waals surface area contributed by atoms with Gasteiger partial charge in [0, 0.05) is 0 Å². The molecule has 1 unspecified atom stereocenters. The van der Waals surface area contributed by atoms with Crippen LogP contribution >= 0.6 is 47.4 Å². The predicted octanol–water partition coefficient (Wildman–Crippen LogP) is 2.28. The van der Waals surface area contributed by atoms with Gasteiger partial charge >= 0.3 is 0 Å². The van der Waals surface area contributed by atoms with Crippen molar-refractivity contribution in [3.63, 3.8) is 0 Å². The standard InChI is InChI=1S/C2H3Cl3S/c3-1(4)2(5)6/h1-2,6H. The molecule has 0 heterocycles. The summed E-state index contributed by atoms with van der Waals surface area (Å²) in [4.78, 5) is -0.574. The van der Waals surface area contributed by atoms with Gasteiger partial charge in [-0.3, -0.25) is 0 Å². The van der Waals surface area contributed by atoms with Crippen LogP contribution in [-0.2, 0) is 0 Å². The number of alkyl halides is 3. The molecule has 0 aromatic rings. The average Bonchev–Trinajstić information content (AvgIpc) is 1.36. The highest BCUT2D eigenvalue weighted by molar-refractivity contribution is 7.82. The molecule has 0 aliphatic heterocycles. The van der Waals surface area contributed by atoms with Gasteiger partial charge in [0.2, 0.25) is 0 Å². The molecular weight excluding hydrogens is 162 g/mol. The molecule has 0 amide bonds. The first-order valence-corrected chi connectivity index (χ1v) is 3.07. The molecule has 0 saturated heterocycles. The lowest BCUT2D eigenvalue weighted by atomic mass is 10.9. The van der Waals surface area contributed by atoms with Gasteiger partial charge in [-0.25, -0.2) is 0 Å². The second-order valence-electron chi connectivity index (χ2n) is 0.707. The van der Waals surface area contributed by atoms with Crippen molar-refractivity contribution in [1.82, 2.24) is 0 Å². The van der Waals surface area contributed by atoms with Crippen molar-refractivity contribution in [3.8, 4) is 0 Å². The van der Waals surface area contributed by atoms with E-state index in [0.29, 0.717) is 0 Å². The van der Waals surface area contributed by atoms with Crippen molar-refractivity contribution in [3.05, 3.63) is 0 Å². The zero-order chi connectivity index (χ0) is 5.15. The van der Waals surface area contributed by atoms with Crippen LogP contribution in [0.2, 0.25) is 0 Å². The highest BCUT2D eigenvalue weighted by Gasteiger charge is 2.05. The molecule has 0 radical (unpaired) electrons. The highest BCUT2D eigenvalue weighted by atomic mass is 35.5. The molecule has 0 fully saturated rings. The van der Waals surface area contributed by atoms with E-state index < -0.39 is 9.55 Å². The lowest BCUT2D eigenvalue weighted by Gasteiger charge is -1.96. The molecule has 0 bridgehead atoms. The van der Waals surface area contributed by atoms with Gasteiger partial charge in [-0.1, -0.05) is 0 Å². The summed E-state index contributed by atoms with van der Waals surface area (Å²) in [7, 11) is 0. The van der Waals surface area contributed by atoms with E-state index in [1.54, 1.807) is 0 Å². The normalized spacial score (nSPS) is 15.5. The first-order chi connectivity index (χ1) is 2.64. The minimum Gasteiger partial charge on any atom is -0.157 e. The Hall–Kier alpha value is 1.22. The Labute approximate surface area is 57.2 Å². The molecule has 6 heavy (non-hydrogen) atoms. The summed E-state index contributed by atoms with van der Waals surface area (Å²) in [6, 6.07) is 0. The number of rotatable bonds is 1. The lowest BCUT2D eigenvalue weighted by molar-refractivity contribution is 1.32. The molecule has 0 aromatic heterocycles. The van der Waals surface area contributed by atoms with Crippen LogP contribution in [-0.4, -0.2) is 9.55 Å². The van der Waals surface area contributed by atoms with E-state index in [4.69, 9.17) is 34.8 Å². The Kier molecular flexibility index (Phi) is 3.91. The zero-order valence-corrected chi connectivity index (χ0v) is 5.90. The Morgan fingerprint density at radius 3 is 1.33 bits per heavy atom. The van der Waals surface area contributed by atoms with Crippen LogP contribution in [0.4, 0.5) is 0 Å². The first-order valence-electron chi connectivity index (χ1n) is 1.25. The smallest absolute Gasteiger partial charge is 0.133 e. The van der Waals surface area contributed by atoms with Gasteiger partial charge < -0.3 is 0 Å². The molecule has 0 spiro atoms. The number of hydrogen-bond donors (Lipinski definition) is 1. The maximum atomic E-state index is 5.21. The molecule has 0 saturated carbocycles. The van der Waals surface area contributed by atoms with Crippen LogP contribution in [0.15, 0.2) is 0 Å². The first kappa shape index (κ1) is 7.22. The van der Waals surface area contributed by atoms with E-state index in [1.165, 1.54) is 0 Å². The van der Waals surface area contributed by atoms with Crippen LogP contribution < -0.4 is 0 Å². The fraction of sp³-hybridized carbons (Fsp3) is 1.00. The molecule has 38 valence electrons. The molecule has 1 atom stereocenters. The van der Waals surface area contributed by atoms with E-state index in [0.717, 1.165) is 0 Å². The summed E-state index contributed by atoms with van der Waals surface area (Å²) in [6.45, 7) is 0. The lowest BCUT2D eigenvalue weighted by Crippen LogP contribution is -1.96.